The monoisotopic (exact) mass is 210 g/mol. The number of carbonyl (C=O) groups excluding carboxylic acids is 2. The maximum Gasteiger partial charge on any atom is 0.251 e. The number of hydrogen-bond donors (Lipinski definition) is 1. The Bertz CT molecular complexity index is 264. The number of rotatable bonds is 3. The van der Waals surface area contributed by atoms with E-state index < -0.39 is 0 Å². The minimum Gasteiger partial charge on any atom is -0.359 e. The van der Waals surface area contributed by atoms with Gasteiger partial charge in [-0.3, -0.25) is 9.59 Å². The van der Waals surface area contributed by atoms with Gasteiger partial charge in [0.05, 0.1) is 0 Å². The van der Waals surface area contributed by atoms with E-state index >= 15 is 0 Å². The van der Waals surface area contributed by atoms with Crippen LogP contribution in [0.2, 0.25) is 0 Å². The molecule has 0 fully saturated rings. The van der Waals surface area contributed by atoms with Crippen molar-refractivity contribution in [3.8, 4) is 0 Å². The van der Waals surface area contributed by atoms with Gasteiger partial charge in [-0.25, -0.2) is 0 Å². The molecule has 0 spiro atoms. The van der Waals surface area contributed by atoms with Gasteiger partial charge < -0.3 is 10.2 Å². The van der Waals surface area contributed by atoms with Gasteiger partial charge in [-0.1, -0.05) is 20.4 Å². The lowest BCUT2D eigenvalue weighted by atomic mass is 10.3. The van der Waals surface area contributed by atoms with Gasteiger partial charge in [0.25, 0.3) is 5.91 Å². The smallest absolute Gasteiger partial charge is 0.251 e. The highest BCUT2D eigenvalue weighted by Crippen LogP contribution is 2.12. The van der Waals surface area contributed by atoms with Gasteiger partial charge >= 0.3 is 0 Å². The van der Waals surface area contributed by atoms with Crippen molar-refractivity contribution in [3.05, 3.63) is 24.4 Å². The van der Waals surface area contributed by atoms with E-state index in [4.69, 9.17) is 0 Å². The van der Waals surface area contributed by atoms with Crippen LogP contribution < -0.4 is 5.32 Å². The van der Waals surface area contributed by atoms with E-state index in [2.05, 4.69) is 11.9 Å². The van der Waals surface area contributed by atoms with E-state index in [-0.39, 0.29) is 11.8 Å². The Morgan fingerprint density at radius 1 is 1.47 bits per heavy atom. The lowest BCUT2D eigenvalue weighted by Crippen LogP contribution is -2.29. The highest BCUT2D eigenvalue weighted by molar-refractivity contribution is 5.93. The predicted octanol–water partition coefficient (Wildman–Crippen LogP) is 1.06. The van der Waals surface area contributed by atoms with Gasteiger partial charge in [0.1, 0.15) is 0 Å². The lowest BCUT2D eigenvalue weighted by molar-refractivity contribution is -0.124. The fourth-order valence-electron chi connectivity index (χ4n) is 1.08. The second-order valence-electron chi connectivity index (χ2n) is 2.74. The Hall–Kier alpha value is -1.58. The Balaban J connectivity index is 0.000000921. The summed E-state index contributed by atoms with van der Waals surface area (Å²) in [7, 11) is 1.57. The summed E-state index contributed by atoms with van der Waals surface area (Å²) < 4.78 is 0. The van der Waals surface area contributed by atoms with Crippen molar-refractivity contribution in [1.29, 1.82) is 0 Å². The summed E-state index contributed by atoms with van der Waals surface area (Å²) >= 11 is 0. The van der Waals surface area contributed by atoms with Crippen molar-refractivity contribution in [2.45, 2.75) is 20.3 Å². The van der Waals surface area contributed by atoms with E-state index in [1.54, 1.807) is 13.1 Å². The molecule has 84 valence electrons. The number of allylic oxidation sites excluding steroid dienone is 1. The van der Waals surface area contributed by atoms with Crippen LogP contribution in [0.1, 0.15) is 20.3 Å². The van der Waals surface area contributed by atoms with Crippen molar-refractivity contribution in [2.75, 3.05) is 13.6 Å². The van der Waals surface area contributed by atoms with Crippen molar-refractivity contribution in [1.82, 2.24) is 10.2 Å². The maximum atomic E-state index is 11.1. The molecule has 0 aromatic rings. The number of carbonyl (C=O) groups is 2. The molecule has 0 atom stereocenters. The third kappa shape index (κ3) is 3.97. The molecule has 0 bridgehead atoms. The van der Waals surface area contributed by atoms with Crippen LogP contribution in [-0.2, 0) is 9.59 Å². The minimum absolute atomic E-state index is 0.0764. The molecule has 1 N–H and O–H groups in total. The minimum atomic E-state index is -0.103. The molecule has 1 aliphatic rings. The molecular formula is C11H18N2O2. The van der Waals surface area contributed by atoms with E-state index in [0.29, 0.717) is 18.7 Å². The molecule has 1 rings (SSSR count). The first-order chi connectivity index (χ1) is 7.15. The topological polar surface area (TPSA) is 49.4 Å². The van der Waals surface area contributed by atoms with Crippen LogP contribution in [0.25, 0.3) is 0 Å². The summed E-state index contributed by atoms with van der Waals surface area (Å²) in [4.78, 5) is 23.5. The van der Waals surface area contributed by atoms with E-state index in [1.807, 2.05) is 13.8 Å². The molecular weight excluding hydrogens is 192 g/mol. The highest BCUT2D eigenvalue weighted by atomic mass is 16.2. The lowest BCUT2D eigenvalue weighted by Gasteiger charge is -2.15. The normalized spacial score (nSPS) is 13.7. The van der Waals surface area contributed by atoms with Gasteiger partial charge in [-0.2, -0.15) is 0 Å². The first-order valence-corrected chi connectivity index (χ1v) is 5.04. The van der Waals surface area contributed by atoms with Gasteiger partial charge in [-0.05, 0) is 6.08 Å². The molecule has 1 heterocycles. The quantitative estimate of drug-likeness (QED) is 0.757. The summed E-state index contributed by atoms with van der Waals surface area (Å²) in [5.74, 6) is -0.179. The summed E-state index contributed by atoms with van der Waals surface area (Å²) in [5, 5.41) is 2.49. The summed E-state index contributed by atoms with van der Waals surface area (Å²) in [6.07, 6.45) is 3.40. The second-order valence-corrected chi connectivity index (χ2v) is 2.74. The fraction of sp³-hybridized carbons (Fsp3) is 0.455. The van der Waals surface area contributed by atoms with Crippen LogP contribution in [0.4, 0.5) is 0 Å². The average Bonchev–Trinajstić information content (AvgIpc) is 2.58. The number of nitrogens with zero attached hydrogens (tertiary/aromatic N) is 1. The zero-order chi connectivity index (χ0) is 11.8. The van der Waals surface area contributed by atoms with Crippen LogP contribution in [0.5, 0.6) is 0 Å². The number of hydrogen-bond acceptors (Lipinski definition) is 2. The van der Waals surface area contributed by atoms with E-state index in [9.17, 15) is 9.59 Å². The van der Waals surface area contributed by atoms with Crippen LogP contribution in [-0.4, -0.2) is 30.3 Å². The third-order valence-electron chi connectivity index (χ3n) is 1.87. The average molecular weight is 210 g/mol. The molecule has 0 unspecified atom stereocenters. The fourth-order valence-corrected chi connectivity index (χ4v) is 1.08. The predicted molar refractivity (Wildman–Crippen MR) is 60.0 cm³/mol. The first kappa shape index (κ1) is 13.4. The summed E-state index contributed by atoms with van der Waals surface area (Å²) in [6.45, 7) is 8.07. The molecule has 1 aliphatic heterocycles. The Morgan fingerprint density at radius 3 is 2.47 bits per heavy atom. The SMILES string of the molecule is C=C1C=CC(=O)N1CCC(=O)NC.CC. The Morgan fingerprint density at radius 2 is 2.07 bits per heavy atom. The maximum absolute atomic E-state index is 11.1. The standard InChI is InChI=1S/C9H12N2O2.C2H6/c1-7-3-4-9(13)11(7)6-5-8(12)10-2;1-2/h3-4H,1,5-6H2,2H3,(H,10,12);1-2H3. The molecule has 4 heteroatoms. The molecule has 4 nitrogen and oxygen atoms in total. The van der Waals surface area contributed by atoms with Crippen LogP contribution in [0.3, 0.4) is 0 Å². The van der Waals surface area contributed by atoms with E-state index in [1.165, 1.54) is 11.0 Å². The van der Waals surface area contributed by atoms with Crippen molar-refractivity contribution < 1.29 is 9.59 Å². The van der Waals surface area contributed by atoms with Crippen molar-refractivity contribution >= 4 is 11.8 Å². The largest absolute Gasteiger partial charge is 0.359 e. The molecule has 15 heavy (non-hydrogen) atoms. The van der Waals surface area contributed by atoms with Gasteiger partial charge in [0.2, 0.25) is 5.91 Å². The van der Waals surface area contributed by atoms with Gasteiger partial charge in [-0.15, -0.1) is 0 Å². The van der Waals surface area contributed by atoms with Gasteiger partial charge in [0, 0.05) is 31.8 Å². The molecule has 0 saturated heterocycles. The molecule has 0 saturated carbocycles. The summed E-state index contributed by atoms with van der Waals surface area (Å²) in [6, 6.07) is 0. The van der Waals surface area contributed by atoms with Crippen LogP contribution in [0, 0.1) is 0 Å². The zero-order valence-electron chi connectivity index (χ0n) is 9.54. The van der Waals surface area contributed by atoms with Crippen molar-refractivity contribution in [3.63, 3.8) is 0 Å². The molecule has 0 aromatic heterocycles. The molecule has 2 amide bonds. The van der Waals surface area contributed by atoms with Crippen LogP contribution >= 0.6 is 0 Å². The van der Waals surface area contributed by atoms with Crippen molar-refractivity contribution in [2.24, 2.45) is 0 Å². The molecule has 0 aromatic carbocycles. The zero-order valence-corrected chi connectivity index (χ0v) is 9.54. The third-order valence-corrected chi connectivity index (χ3v) is 1.87. The number of nitrogens with one attached hydrogen (secondary N) is 1. The Kier molecular flexibility index (Phi) is 6.09. The van der Waals surface area contributed by atoms with E-state index in [0.717, 1.165) is 0 Å². The van der Waals surface area contributed by atoms with Crippen LogP contribution in [0.15, 0.2) is 24.4 Å². The Labute approximate surface area is 90.6 Å². The first-order valence-electron chi connectivity index (χ1n) is 5.04. The number of amides is 2. The summed E-state index contributed by atoms with van der Waals surface area (Å²) in [5.41, 5.74) is 0.647. The van der Waals surface area contributed by atoms with Gasteiger partial charge in [0.15, 0.2) is 0 Å². The second kappa shape index (κ2) is 6.81. The molecule has 0 aliphatic carbocycles. The highest BCUT2D eigenvalue weighted by Gasteiger charge is 2.18. The molecule has 0 radical (unpaired) electrons.